The van der Waals surface area contributed by atoms with Crippen molar-refractivity contribution in [2.24, 2.45) is 0 Å². The van der Waals surface area contributed by atoms with Crippen LogP contribution >= 0.6 is 0 Å². The van der Waals surface area contributed by atoms with Gasteiger partial charge in [-0.15, -0.1) is 0 Å². The minimum atomic E-state index is -1.15. The zero-order chi connectivity index (χ0) is 10.8. The zero-order valence-electron chi connectivity index (χ0n) is 8.73. The lowest BCUT2D eigenvalue weighted by atomic mass is 10.2. The Hall–Kier alpha value is -0.960. The summed E-state index contributed by atoms with van der Waals surface area (Å²) in [6.45, 7) is 1.99. The predicted molar refractivity (Wildman–Crippen MR) is 60.2 cm³/mol. The molecule has 15 heavy (non-hydrogen) atoms. The van der Waals surface area contributed by atoms with Crippen molar-refractivity contribution in [3.8, 4) is 0 Å². The number of rotatable bonds is 2. The van der Waals surface area contributed by atoms with E-state index >= 15 is 0 Å². The third-order valence-corrected chi connectivity index (χ3v) is 4.51. The molecular formula is C12H14O2S. The summed E-state index contributed by atoms with van der Waals surface area (Å²) in [6.07, 6.45) is 2.27. The lowest BCUT2D eigenvalue weighted by molar-refractivity contribution is -0.117. The van der Waals surface area contributed by atoms with Crippen molar-refractivity contribution >= 4 is 16.6 Å². The van der Waals surface area contributed by atoms with Crippen LogP contribution < -0.4 is 0 Å². The van der Waals surface area contributed by atoms with Gasteiger partial charge in [-0.25, -0.2) is 0 Å². The van der Waals surface area contributed by atoms with E-state index in [1.54, 1.807) is 0 Å². The van der Waals surface area contributed by atoms with E-state index in [2.05, 4.69) is 0 Å². The largest absolute Gasteiger partial charge is 0.298 e. The Morgan fingerprint density at radius 3 is 2.47 bits per heavy atom. The molecule has 0 heterocycles. The Bertz CT molecular complexity index is 395. The molecule has 0 radical (unpaired) electrons. The van der Waals surface area contributed by atoms with Gasteiger partial charge in [0.1, 0.15) is 5.78 Å². The van der Waals surface area contributed by atoms with Crippen molar-refractivity contribution in [2.45, 2.75) is 36.3 Å². The first-order valence-electron chi connectivity index (χ1n) is 5.18. The topological polar surface area (TPSA) is 34.1 Å². The minimum absolute atomic E-state index is 0.161. The predicted octanol–water partition coefficient (Wildman–Crippen LogP) is 2.22. The molecule has 0 spiro atoms. The van der Waals surface area contributed by atoms with Crippen LogP contribution in [0.4, 0.5) is 0 Å². The molecule has 0 saturated heterocycles. The van der Waals surface area contributed by atoms with Crippen LogP contribution in [0.25, 0.3) is 0 Å². The second-order valence-electron chi connectivity index (χ2n) is 3.96. The average molecular weight is 222 g/mol. The van der Waals surface area contributed by atoms with Crippen molar-refractivity contribution in [3.63, 3.8) is 0 Å². The van der Waals surface area contributed by atoms with Gasteiger partial charge in [-0.05, 0) is 31.9 Å². The fourth-order valence-electron chi connectivity index (χ4n) is 1.85. The van der Waals surface area contributed by atoms with Crippen LogP contribution in [0.1, 0.15) is 24.8 Å². The summed E-state index contributed by atoms with van der Waals surface area (Å²) in [4.78, 5) is 12.2. The highest BCUT2D eigenvalue weighted by Gasteiger charge is 2.30. The van der Waals surface area contributed by atoms with Crippen LogP contribution in [0, 0.1) is 6.92 Å². The molecule has 3 heteroatoms. The standard InChI is InChI=1S/C12H14O2S/c1-9-5-7-10(8-6-9)15(14)12-4-2-3-11(12)13/h5-8,12H,2-4H2,1H3/t12-,15?/m0/s1. The van der Waals surface area contributed by atoms with Gasteiger partial charge in [0, 0.05) is 11.3 Å². The molecule has 0 aromatic heterocycles. The third kappa shape index (κ3) is 2.17. The summed E-state index contributed by atoms with van der Waals surface area (Å²) < 4.78 is 12.1. The molecule has 1 aromatic rings. The molecular weight excluding hydrogens is 208 g/mol. The van der Waals surface area contributed by atoms with Crippen LogP contribution in [0.15, 0.2) is 29.2 Å². The fraction of sp³-hybridized carbons (Fsp3) is 0.417. The third-order valence-electron chi connectivity index (χ3n) is 2.76. The maximum absolute atomic E-state index is 12.1. The van der Waals surface area contributed by atoms with Gasteiger partial charge in [0.25, 0.3) is 0 Å². The second-order valence-corrected chi connectivity index (χ2v) is 5.59. The molecule has 1 aliphatic rings. The van der Waals surface area contributed by atoms with Crippen LogP contribution in [0.5, 0.6) is 0 Å². The van der Waals surface area contributed by atoms with Crippen molar-refractivity contribution in [1.29, 1.82) is 0 Å². The quantitative estimate of drug-likeness (QED) is 0.769. The number of benzene rings is 1. The molecule has 2 atom stereocenters. The summed E-state index contributed by atoms with van der Waals surface area (Å²) in [5.74, 6) is 0.161. The smallest absolute Gasteiger partial charge is 0.148 e. The normalized spacial score (nSPS) is 23.0. The molecule has 1 fully saturated rings. The van der Waals surface area contributed by atoms with Gasteiger partial charge in [-0.1, -0.05) is 17.7 Å². The summed E-state index contributed by atoms with van der Waals surface area (Å²) in [7, 11) is -1.15. The number of carbonyl (C=O) groups excluding carboxylic acids is 1. The minimum Gasteiger partial charge on any atom is -0.298 e. The molecule has 0 amide bonds. The lowest BCUT2D eigenvalue weighted by Crippen LogP contribution is -2.19. The highest BCUT2D eigenvalue weighted by molar-refractivity contribution is 7.86. The van der Waals surface area contributed by atoms with Gasteiger partial charge in [-0.3, -0.25) is 9.00 Å². The summed E-state index contributed by atoms with van der Waals surface area (Å²) in [5, 5.41) is -0.257. The Morgan fingerprint density at radius 2 is 1.93 bits per heavy atom. The van der Waals surface area contributed by atoms with E-state index < -0.39 is 10.8 Å². The number of hydrogen-bond acceptors (Lipinski definition) is 2. The molecule has 0 aliphatic heterocycles. The lowest BCUT2D eigenvalue weighted by Gasteiger charge is -2.07. The van der Waals surface area contributed by atoms with Crippen molar-refractivity contribution in [3.05, 3.63) is 29.8 Å². The van der Waals surface area contributed by atoms with Gasteiger partial charge in [0.05, 0.1) is 16.0 Å². The van der Waals surface area contributed by atoms with Crippen molar-refractivity contribution in [1.82, 2.24) is 0 Å². The van der Waals surface area contributed by atoms with Crippen LogP contribution in [0.3, 0.4) is 0 Å². The number of Topliss-reactive ketones (excluding diaryl/α,β-unsaturated/α-hetero) is 1. The average Bonchev–Trinajstić information content (AvgIpc) is 2.65. The highest BCUT2D eigenvalue weighted by atomic mass is 32.2. The molecule has 0 N–H and O–H groups in total. The molecule has 2 nitrogen and oxygen atoms in total. The van der Waals surface area contributed by atoms with Crippen LogP contribution in [-0.2, 0) is 15.6 Å². The van der Waals surface area contributed by atoms with Crippen LogP contribution in [0.2, 0.25) is 0 Å². The molecule has 1 aromatic carbocycles. The maximum Gasteiger partial charge on any atom is 0.148 e. The summed E-state index contributed by atoms with van der Waals surface area (Å²) >= 11 is 0. The van der Waals surface area contributed by atoms with E-state index in [1.807, 2.05) is 31.2 Å². The van der Waals surface area contributed by atoms with Crippen molar-refractivity contribution < 1.29 is 9.00 Å². The fourth-order valence-corrected chi connectivity index (χ4v) is 3.32. The Balaban J connectivity index is 2.20. The molecule has 0 bridgehead atoms. The first kappa shape index (κ1) is 10.6. The Kier molecular flexibility index (Phi) is 3.00. The summed E-state index contributed by atoms with van der Waals surface area (Å²) in [6, 6.07) is 7.59. The van der Waals surface area contributed by atoms with E-state index in [0.29, 0.717) is 6.42 Å². The molecule has 2 rings (SSSR count). The van der Waals surface area contributed by atoms with Crippen molar-refractivity contribution in [2.75, 3.05) is 0 Å². The molecule has 1 aliphatic carbocycles. The number of ketones is 1. The van der Waals surface area contributed by atoms with E-state index in [-0.39, 0.29) is 11.0 Å². The van der Waals surface area contributed by atoms with Gasteiger partial charge >= 0.3 is 0 Å². The molecule has 1 saturated carbocycles. The number of carbonyl (C=O) groups is 1. The highest BCUT2D eigenvalue weighted by Crippen LogP contribution is 2.24. The van der Waals surface area contributed by atoms with Gasteiger partial charge in [-0.2, -0.15) is 0 Å². The Morgan fingerprint density at radius 1 is 1.27 bits per heavy atom. The molecule has 80 valence electrons. The maximum atomic E-state index is 12.1. The van der Waals surface area contributed by atoms with Gasteiger partial charge in [0.15, 0.2) is 0 Å². The van der Waals surface area contributed by atoms with Gasteiger partial charge < -0.3 is 0 Å². The van der Waals surface area contributed by atoms with E-state index in [4.69, 9.17) is 0 Å². The van der Waals surface area contributed by atoms with E-state index in [1.165, 1.54) is 0 Å². The second kappa shape index (κ2) is 4.27. The monoisotopic (exact) mass is 222 g/mol. The number of hydrogen-bond donors (Lipinski definition) is 0. The first-order valence-corrected chi connectivity index (χ1v) is 6.40. The van der Waals surface area contributed by atoms with Gasteiger partial charge in [0.2, 0.25) is 0 Å². The van der Waals surface area contributed by atoms with E-state index in [0.717, 1.165) is 23.3 Å². The van der Waals surface area contributed by atoms with Crippen LogP contribution in [-0.4, -0.2) is 15.2 Å². The number of aryl methyl sites for hydroxylation is 1. The first-order chi connectivity index (χ1) is 7.18. The molecule has 1 unspecified atom stereocenters. The van der Waals surface area contributed by atoms with E-state index in [9.17, 15) is 9.00 Å². The Labute approximate surface area is 92.2 Å². The summed E-state index contributed by atoms with van der Waals surface area (Å²) in [5.41, 5.74) is 1.15. The zero-order valence-corrected chi connectivity index (χ0v) is 9.55. The SMILES string of the molecule is Cc1ccc(S(=O)[C@H]2CCCC2=O)cc1.